The van der Waals surface area contributed by atoms with Gasteiger partial charge in [0.1, 0.15) is 5.52 Å². The van der Waals surface area contributed by atoms with E-state index in [4.69, 9.17) is 21.1 Å². The first-order chi connectivity index (χ1) is 16.1. The number of nitrogens with zero attached hydrogens (tertiary/aromatic N) is 2. The fourth-order valence-electron chi connectivity index (χ4n) is 3.98. The molecule has 3 rings (SSSR count). The Morgan fingerprint density at radius 3 is 2.41 bits per heavy atom. The Kier molecular flexibility index (Phi) is 7.82. The number of hydrogen-bond acceptors (Lipinski definition) is 5. The highest BCUT2D eigenvalue weighted by molar-refractivity contribution is 6.30. The van der Waals surface area contributed by atoms with Gasteiger partial charge in [-0.3, -0.25) is 9.59 Å². The minimum Gasteiger partial charge on any atom is -0.481 e. The number of esters is 1. The van der Waals surface area contributed by atoms with E-state index in [1.165, 1.54) is 0 Å². The van der Waals surface area contributed by atoms with Gasteiger partial charge < -0.3 is 14.0 Å². The highest BCUT2D eigenvalue weighted by Crippen LogP contribution is 2.34. The maximum atomic E-state index is 13.5. The number of halogens is 1. The van der Waals surface area contributed by atoms with Crippen LogP contribution >= 0.6 is 11.6 Å². The monoisotopic (exact) mass is 482 g/mol. The summed E-state index contributed by atoms with van der Waals surface area (Å²) in [5.41, 5.74) is 3.46. The second-order valence-corrected chi connectivity index (χ2v) is 9.53. The molecule has 180 valence electrons. The molecule has 0 aliphatic heterocycles. The lowest BCUT2D eigenvalue weighted by Gasteiger charge is -2.24. The quantitative estimate of drug-likeness (QED) is 0.200. The summed E-state index contributed by atoms with van der Waals surface area (Å²) in [4.78, 5) is 30.9. The van der Waals surface area contributed by atoms with E-state index < -0.39 is 5.41 Å². The molecule has 0 bridgehead atoms. The van der Waals surface area contributed by atoms with Crippen LogP contribution in [-0.4, -0.2) is 35.0 Å². The van der Waals surface area contributed by atoms with Crippen LogP contribution in [0.4, 0.5) is 0 Å². The van der Waals surface area contributed by atoms with Crippen molar-refractivity contribution in [3.05, 3.63) is 70.4 Å². The first kappa shape index (κ1) is 25.5. The summed E-state index contributed by atoms with van der Waals surface area (Å²) >= 11 is 6.09. The first-order valence-corrected chi connectivity index (χ1v) is 11.6. The molecule has 0 radical (unpaired) electrons. The minimum atomic E-state index is -0.857. The summed E-state index contributed by atoms with van der Waals surface area (Å²) in [6.45, 7) is 11.9. The predicted molar refractivity (Wildman–Crippen MR) is 135 cm³/mol. The largest absolute Gasteiger partial charge is 0.481 e. The number of rotatable bonds is 10. The lowest BCUT2D eigenvalue weighted by molar-refractivity contribution is -0.153. The fourth-order valence-corrected chi connectivity index (χ4v) is 4.10. The van der Waals surface area contributed by atoms with Crippen molar-refractivity contribution < 1.29 is 19.1 Å². The molecule has 0 unspecified atom stereocenters. The molecule has 7 heteroatoms. The van der Waals surface area contributed by atoms with Crippen LogP contribution < -0.4 is 4.74 Å². The zero-order valence-corrected chi connectivity index (χ0v) is 21.2. The number of carbonyl (C=O) groups excluding carboxylic acids is 2. The Morgan fingerprint density at radius 2 is 1.82 bits per heavy atom. The number of ketones is 1. The first-order valence-electron chi connectivity index (χ1n) is 11.2. The van der Waals surface area contributed by atoms with Crippen LogP contribution in [0.15, 0.2) is 48.6 Å². The van der Waals surface area contributed by atoms with Gasteiger partial charge in [-0.2, -0.15) is 0 Å². The maximum Gasteiger partial charge on any atom is 0.311 e. The molecule has 0 aliphatic rings. The van der Waals surface area contributed by atoms with Crippen LogP contribution in [0.25, 0.3) is 11.0 Å². The summed E-state index contributed by atoms with van der Waals surface area (Å²) in [5, 5.41) is 0.647. The molecule has 2 aromatic heterocycles. The minimum absolute atomic E-state index is 0.0947. The lowest BCUT2D eigenvalue weighted by Crippen LogP contribution is -2.30. The smallest absolute Gasteiger partial charge is 0.311 e. The van der Waals surface area contributed by atoms with Crippen LogP contribution in [0, 0.1) is 5.41 Å². The molecule has 0 spiro atoms. The van der Waals surface area contributed by atoms with Crippen molar-refractivity contribution in [2.75, 3.05) is 13.7 Å². The number of allylic oxidation sites excluding steroid dienone is 1. The van der Waals surface area contributed by atoms with E-state index in [0.717, 1.165) is 22.3 Å². The molecule has 0 fully saturated rings. The summed E-state index contributed by atoms with van der Waals surface area (Å²) in [6.07, 6.45) is 0.487. The van der Waals surface area contributed by atoms with Crippen LogP contribution in [0.3, 0.4) is 0 Å². The van der Waals surface area contributed by atoms with E-state index in [9.17, 15) is 9.59 Å². The summed E-state index contributed by atoms with van der Waals surface area (Å²) in [7, 11) is 1.54. The molecule has 0 aliphatic carbocycles. The van der Waals surface area contributed by atoms with Crippen molar-refractivity contribution >= 4 is 34.4 Å². The second-order valence-electron chi connectivity index (χ2n) is 9.09. The average Bonchev–Trinajstić information content (AvgIpc) is 3.06. The van der Waals surface area contributed by atoms with Gasteiger partial charge in [0.15, 0.2) is 5.78 Å². The van der Waals surface area contributed by atoms with E-state index in [0.29, 0.717) is 34.9 Å². The van der Waals surface area contributed by atoms with Gasteiger partial charge in [-0.25, -0.2) is 4.98 Å². The molecule has 34 heavy (non-hydrogen) atoms. The molecule has 2 heterocycles. The molecule has 1 aromatic carbocycles. The van der Waals surface area contributed by atoms with Gasteiger partial charge in [0, 0.05) is 36.2 Å². The van der Waals surface area contributed by atoms with Crippen LogP contribution in [0.1, 0.15) is 55.7 Å². The number of carbonyl (C=O) groups is 2. The number of fused-ring (bicyclic) bond motifs is 1. The van der Waals surface area contributed by atoms with Gasteiger partial charge in [-0.1, -0.05) is 35.9 Å². The summed E-state index contributed by atoms with van der Waals surface area (Å²) < 4.78 is 12.7. The van der Waals surface area contributed by atoms with Gasteiger partial charge in [0.05, 0.1) is 30.2 Å². The number of ether oxygens (including phenoxy) is 2. The zero-order chi connectivity index (χ0) is 25.0. The molecule has 3 aromatic rings. The standard InChI is InChI=1S/C27H31ClN2O4/c1-7-34-26(32)27(4,5)15-21-24(22(31)14-17(2)3)25-20(12-13-23(29-25)33-6)30(21)16-18-8-10-19(28)11-9-18/h8-13H,2,7,14-16H2,1,3-6H3. The molecular formula is C27H31ClN2O4. The second kappa shape index (κ2) is 10.4. The molecule has 6 nitrogen and oxygen atoms in total. The highest BCUT2D eigenvalue weighted by Gasteiger charge is 2.34. The number of hydrogen-bond donors (Lipinski definition) is 0. The van der Waals surface area contributed by atoms with E-state index >= 15 is 0 Å². The van der Waals surface area contributed by atoms with Gasteiger partial charge in [0.2, 0.25) is 5.88 Å². The van der Waals surface area contributed by atoms with E-state index in [1.807, 2.05) is 51.1 Å². The van der Waals surface area contributed by atoms with Gasteiger partial charge in [0.25, 0.3) is 0 Å². The Hall–Kier alpha value is -3.12. The van der Waals surface area contributed by atoms with Gasteiger partial charge >= 0.3 is 5.97 Å². The molecule has 0 amide bonds. The van der Waals surface area contributed by atoms with Crippen molar-refractivity contribution in [3.8, 4) is 5.88 Å². The maximum absolute atomic E-state index is 13.5. The van der Waals surface area contributed by atoms with Crippen molar-refractivity contribution in [2.45, 2.75) is 47.1 Å². The molecular weight excluding hydrogens is 452 g/mol. The number of methoxy groups -OCH3 is 1. The third kappa shape index (κ3) is 5.50. The Labute approximate surface area is 205 Å². The van der Waals surface area contributed by atoms with Crippen LogP contribution in [0.5, 0.6) is 5.88 Å². The van der Waals surface area contributed by atoms with E-state index in [2.05, 4.69) is 16.1 Å². The zero-order valence-electron chi connectivity index (χ0n) is 20.4. The van der Waals surface area contributed by atoms with Gasteiger partial charge in [-0.05, 0) is 51.5 Å². The number of pyridine rings is 1. The van der Waals surface area contributed by atoms with Crippen molar-refractivity contribution in [2.24, 2.45) is 5.41 Å². The normalized spacial score (nSPS) is 11.5. The van der Waals surface area contributed by atoms with Crippen molar-refractivity contribution in [1.29, 1.82) is 0 Å². The summed E-state index contributed by atoms with van der Waals surface area (Å²) in [5.74, 6) is 0.00151. The van der Waals surface area contributed by atoms with Crippen LogP contribution in [0.2, 0.25) is 5.02 Å². The highest BCUT2D eigenvalue weighted by atomic mass is 35.5. The Morgan fingerprint density at radius 1 is 1.15 bits per heavy atom. The third-order valence-corrected chi connectivity index (χ3v) is 5.88. The molecule has 0 saturated heterocycles. The van der Waals surface area contributed by atoms with E-state index in [-0.39, 0.29) is 24.8 Å². The predicted octanol–water partition coefficient (Wildman–Crippen LogP) is 6.03. The van der Waals surface area contributed by atoms with E-state index in [1.54, 1.807) is 20.1 Å². The third-order valence-electron chi connectivity index (χ3n) is 5.63. The van der Waals surface area contributed by atoms with Crippen LogP contribution in [-0.2, 0) is 22.5 Å². The number of aromatic nitrogens is 2. The number of benzene rings is 1. The van der Waals surface area contributed by atoms with Crippen molar-refractivity contribution in [3.63, 3.8) is 0 Å². The van der Waals surface area contributed by atoms with Crippen molar-refractivity contribution in [1.82, 2.24) is 9.55 Å². The lowest BCUT2D eigenvalue weighted by atomic mass is 9.85. The van der Waals surface area contributed by atoms with Gasteiger partial charge in [-0.15, -0.1) is 0 Å². The summed E-state index contributed by atoms with van der Waals surface area (Å²) in [6, 6.07) is 11.2. The number of Topliss-reactive ketones (excluding diaryl/α,β-unsaturated/α-hetero) is 1. The average molecular weight is 483 g/mol. The molecule has 0 atom stereocenters. The molecule has 0 N–H and O–H groups in total. The Bertz CT molecular complexity index is 1230. The topological polar surface area (TPSA) is 70.4 Å². The SMILES string of the molecule is C=C(C)CC(=O)c1c(CC(C)(C)C(=O)OCC)n(Cc2ccc(Cl)cc2)c2ccc(OC)nc12. The molecule has 0 saturated carbocycles. The Balaban J connectivity index is 2.28. The fraction of sp³-hybridized carbons (Fsp3) is 0.370.